The Kier molecular flexibility index (Phi) is 2.30. The Balaban J connectivity index is 2.97. The van der Waals surface area contributed by atoms with Crippen LogP contribution in [0.2, 0.25) is 0 Å². The number of hydrogen-bond donors (Lipinski definition) is 0. The largest absolute Gasteiger partial charge is 0.288 e. The van der Waals surface area contributed by atoms with Gasteiger partial charge in [0.15, 0.2) is 0 Å². The molecule has 0 spiro atoms. The maximum Gasteiger partial charge on any atom is 0.200 e. The van der Waals surface area contributed by atoms with E-state index in [0.717, 1.165) is 15.2 Å². The van der Waals surface area contributed by atoms with Gasteiger partial charge >= 0.3 is 0 Å². The molecule has 65 valence electrons. The molecule has 0 aliphatic carbocycles. The van der Waals surface area contributed by atoms with Crippen LogP contribution in [0.15, 0.2) is 39.3 Å². The zero-order chi connectivity index (χ0) is 9.42. The summed E-state index contributed by atoms with van der Waals surface area (Å²) in [5, 5.41) is 13.3. The van der Waals surface area contributed by atoms with Crippen molar-refractivity contribution in [1.82, 2.24) is 0 Å². The third-order valence-corrected chi connectivity index (χ3v) is 3.14. The Morgan fingerprint density at radius 3 is 2.23 bits per heavy atom. The van der Waals surface area contributed by atoms with Gasteiger partial charge in [0, 0.05) is 9.86 Å². The fraction of sp³-hybridized carbons (Fsp3) is 0. The van der Waals surface area contributed by atoms with Crippen LogP contribution in [0.4, 0.5) is 0 Å². The van der Waals surface area contributed by atoms with Gasteiger partial charge in [-0.1, -0.05) is 40.2 Å². The first-order valence-corrected chi connectivity index (χ1v) is 5.32. The molecule has 0 aliphatic heterocycles. The van der Waals surface area contributed by atoms with E-state index in [-0.39, 0.29) is 5.75 Å². The lowest BCUT2D eigenvalue weighted by atomic mass is 10.1. The molecule has 0 heterocycles. The molecule has 0 aliphatic rings. The summed E-state index contributed by atoms with van der Waals surface area (Å²) in [5.74, 6) is 0.0406. The number of halogens is 2. The molecule has 1 radical (unpaired) electrons. The molecule has 0 atom stereocenters. The summed E-state index contributed by atoms with van der Waals surface area (Å²) >= 11 is 6.64. The Morgan fingerprint density at radius 2 is 1.54 bits per heavy atom. The zero-order valence-corrected chi connectivity index (χ0v) is 9.72. The lowest BCUT2D eigenvalue weighted by Gasteiger charge is -2.02. The van der Waals surface area contributed by atoms with Gasteiger partial charge in [-0.2, -0.15) is 0 Å². The van der Waals surface area contributed by atoms with Crippen molar-refractivity contribution in [2.24, 2.45) is 0 Å². The van der Waals surface area contributed by atoms with Crippen LogP contribution in [0.5, 0.6) is 5.75 Å². The van der Waals surface area contributed by atoms with Crippen molar-refractivity contribution < 1.29 is 5.11 Å². The van der Waals surface area contributed by atoms with Gasteiger partial charge in [-0.3, -0.25) is 5.11 Å². The summed E-state index contributed by atoms with van der Waals surface area (Å²) in [7, 11) is 0. The van der Waals surface area contributed by atoms with Crippen molar-refractivity contribution in [3.05, 3.63) is 39.3 Å². The minimum absolute atomic E-state index is 0.0406. The lowest BCUT2D eigenvalue weighted by molar-refractivity contribution is 0.357. The van der Waals surface area contributed by atoms with Crippen LogP contribution in [0.3, 0.4) is 0 Å². The number of hydrogen-bond acceptors (Lipinski definition) is 0. The summed E-state index contributed by atoms with van der Waals surface area (Å²) in [5.41, 5.74) is 0. The third kappa shape index (κ3) is 1.46. The van der Waals surface area contributed by atoms with Crippen LogP contribution < -0.4 is 0 Å². The molecule has 0 bridgehead atoms. The van der Waals surface area contributed by atoms with Crippen molar-refractivity contribution in [1.29, 1.82) is 0 Å². The molecule has 0 amide bonds. The molecule has 0 unspecified atom stereocenters. The predicted molar refractivity (Wildman–Crippen MR) is 59.5 cm³/mol. The van der Waals surface area contributed by atoms with Crippen LogP contribution in [-0.4, -0.2) is 0 Å². The van der Waals surface area contributed by atoms with E-state index in [1.54, 1.807) is 6.07 Å². The highest BCUT2D eigenvalue weighted by Gasteiger charge is 2.08. The van der Waals surface area contributed by atoms with Gasteiger partial charge < -0.3 is 0 Å². The third-order valence-electron chi connectivity index (χ3n) is 1.90. The van der Waals surface area contributed by atoms with Crippen LogP contribution in [-0.2, 0) is 5.11 Å². The van der Waals surface area contributed by atoms with Crippen LogP contribution in [0.25, 0.3) is 10.8 Å². The first-order chi connectivity index (χ1) is 6.20. The zero-order valence-electron chi connectivity index (χ0n) is 6.55. The Bertz CT molecular complexity index is 466. The molecule has 13 heavy (non-hydrogen) atoms. The van der Waals surface area contributed by atoms with Crippen LogP contribution in [0, 0.1) is 0 Å². The fourth-order valence-corrected chi connectivity index (χ4v) is 2.60. The van der Waals surface area contributed by atoms with E-state index < -0.39 is 0 Å². The normalized spacial score (nSPS) is 10.6. The van der Waals surface area contributed by atoms with E-state index >= 15 is 0 Å². The average molecular weight is 301 g/mol. The summed E-state index contributed by atoms with van der Waals surface area (Å²) < 4.78 is 1.53. The van der Waals surface area contributed by atoms with Gasteiger partial charge in [0.25, 0.3) is 0 Å². The van der Waals surface area contributed by atoms with E-state index in [1.165, 1.54) is 0 Å². The average Bonchev–Trinajstić information content (AvgIpc) is 2.15. The van der Waals surface area contributed by atoms with Crippen molar-refractivity contribution in [2.45, 2.75) is 0 Å². The Morgan fingerprint density at radius 1 is 0.923 bits per heavy atom. The topological polar surface area (TPSA) is 19.9 Å². The van der Waals surface area contributed by atoms with E-state index in [9.17, 15) is 5.11 Å². The molecular weight excluding hydrogens is 296 g/mol. The molecule has 0 fully saturated rings. The highest BCUT2D eigenvalue weighted by Crippen LogP contribution is 2.37. The summed E-state index contributed by atoms with van der Waals surface area (Å²) in [6.07, 6.45) is 0. The van der Waals surface area contributed by atoms with Gasteiger partial charge in [-0.25, -0.2) is 0 Å². The maximum atomic E-state index is 11.6. The van der Waals surface area contributed by atoms with Gasteiger partial charge in [-0.15, -0.1) is 0 Å². The monoisotopic (exact) mass is 299 g/mol. The fourth-order valence-electron chi connectivity index (χ4n) is 1.27. The molecule has 0 saturated heterocycles. The van der Waals surface area contributed by atoms with Crippen molar-refractivity contribution in [3.63, 3.8) is 0 Å². The van der Waals surface area contributed by atoms with Crippen molar-refractivity contribution in [3.8, 4) is 5.75 Å². The first-order valence-electron chi connectivity index (χ1n) is 3.74. The molecule has 0 N–H and O–H groups in total. The van der Waals surface area contributed by atoms with Crippen LogP contribution >= 0.6 is 31.9 Å². The summed E-state index contributed by atoms with van der Waals surface area (Å²) in [6, 6.07) is 9.31. The molecule has 3 heteroatoms. The molecule has 2 rings (SSSR count). The van der Waals surface area contributed by atoms with E-state index in [1.807, 2.05) is 24.3 Å². The van der Waals surface area contributed by atoms with Gasteiger partial charge in [0.1, 0.15) is 0 Å². The number of benzene rings is 2. The minimum atomic E-state index is 0.0406. The molecule has 0 saturated carbocycles. The van der Waals surface area contributed by atoms with E-state index in [0.29, 0.717) is 4.47 Å². The molecular formula is C10H5Br2O. The second-order valence-corrected chi connectivity index (χ2v) is 4.42. The minimum Gasteiger partial charge on any atom is -0.288 e. The highest BCUT2D eigenvalue weighted by molar-refractivity contribution is 9.11. The molecule has 0 aromatic heterocycles. The van der Waals surface area contributed by atoms with E-state index in [2.05, 4.69) is 31.9 Å². The Hall–Kier alpha value is -0.540. The number of fused-ring (bicyclic) bond motifs is 1. The Labute approximate surface area is 92.6 Å². The second kappa shape index (κ2) is 3.31. The van der Waals surface area contributed by atoms with Gasteiger partial charge in [0.05, 0.1) is 4.47 Å². The molecule has 1 nitrogen and oxygen atoms in total. The standard InChI is InChI=1S/C10H5Br2O/c11-8-5-9(12)10(13)7-4-2-1-3-6(7)8/h1-5H. The SMILES string of the molecule is [O]c1c(Br)cc(Br)c2ccccc12. The molecule has 2 aromatic carbocycles. The van der Waals surface area contributed by atoms with Crippen LogP contribution in [0.1, 0.15) is 0 Å². The van der Waals surface area contributed by atoms with Crippen molar-refractivity contribution >= 4 is 42.6 Å². The quantitative estimate of drug-likeness (QED) is 0.682. The smallest absolute Gasteiger partial charge is 0.200 e. The summed E-state index contributed by atoms with van der Waals surface area (Å²) in [6.45, 7) is 0. The van der Waals surface area contributed by atoms with Gasteiger partial charge in [0.2, 0.25) is 5.75 Å². The maximum absolute atomic E-state index is 11.6. The second-order valence-electron chi connectivity index (χ2n) is 2.71. The molecule has 2 aromatic rings. The predicted octanol–water partition coefficient (Wildman–Crippen LogP) is 4.51. The first kappa shape index (κ1) is 9.03. The van der Waals surface area contributed by atoms with Crippen molar-refractivity contribution in [2.75, 3.05) is 0 Å². The number of rotatable bonds is 0. The summed E-state index contributed by atoms with van der Waals surface area (Å²) in [4.78, 5) is 0. The lowest BCUT2D eigenvalue weighted by Crippen LogP contribution is -1.76. The highest BCUT2D eigenvalue weighted by atomic mass is 79.9. The van der Waals surface area contributed by atoms with Gasteiger partial charge in [-0.05, 0) is 27.4 Å². The van der Waals surface area contributed by atoms with E-state index in [4.69, 9.17) is 0 Å².